The fraction of sp³-hybridized carbons (Fsp3) is 0.261. The fourth-order valence-electron chi connectivity index (χ4n) is 3.76. The van der Waals surface area contributed by atoms with Crippen LogP contribution in [0.2, 0.25) is 0 Å². The van der Waals surface area contributed by atoms with Gasteiger partial charge in [-0.25, -0.2) is 14.2 Å². The standard InChI is InChI=1S/C23H20FN5O5S/c24-17-11-16(29(31)32)1-2-19(17)34-20-3-4-25-18-12-21(35-22(18)20)15-13-26-23(30)28(14-15)6-5-27-7-9-33-10-8-27/h1-4,11-14H,5-10H2. The summed E-state index contributed by atoms with van der Waals surface area (Å²) in [6.45, 7) is 4.29. The van der Waals surface area contributed by atoms with E-state index in [1.807, 2.05) is 6.07 Å². The van der Waals surface area contributed by atoms with E-state index in [1.54, 1.807) is 23.0 Å². The third-order valence-corrected chi connectivity index (χ3v) is 6.81. The highest BCUT2D eigenvalue weighted by Gasteiger charge is 2.16. The zero-order chi connectivity index (χ0) is 24.4. The highest BCUT2D eigenvalue weighted by Crippen LogP contribution is 2.39. The van der Waals surface area contributed by atoms with E-state index in [2.05, 4.69) is 14.9 Å². The number of morpholine rings is 1. The van der Waals surface area contributed by atoms with Crippen molar-refractivity contribution in [2.24, 2.45) is 0 Å². The van der Waals surface area contributed by atoms with Crippen molar-refractivity contribution in [3.8, 4) is 21.9 Å². The molecule has 0 bridgehead atoms. The Morgan fingerprint density at radius 3 is 2.74 bits per heavy atom. The number of halogens is 1. The first-order valence-corrected chi connectivity index (χ1v) is 11.7. The number of nitro groups is 1. The SMILES string of the molecule is O=c1ncc(-c2cc3nccc(Oc4ccc([N+](=O)[O-])cc4F)c3s2)cn1CCN1CCOCC1. The maximum Gasteiger partial charge on any atom is 0.347 e. The Bertz CT molecular complexity index is 1450. The number of non-ortho nitro benzene ring substituents is 1. The zero-order valence-electron chi connectivity index (χ0n) is 18.4. The number of aromatic nitrogens is 3. The lowest BCUT2D eigenvalue weighted by Crippen LogP contribution is -2.39. The van der Waals surface area contributed by atoms with Crippen molar-refractivity contribution in [2.75, 3.05) is 32.8 Å². The molecule has 35 heavy (non-hydrogen) atoms. The maximum atomic E-state index is 14.4. The van der Waals surface area contributed by atoms with Crippen molar-refractivity contribution in [3.63, 3.8) is 0 Å². The van der Waals surface area contributed by atoms with Crippen LogP contribution in [0.25, 0.3) is 20.7 Å². The summed E-state index contributed by atoms with van der Waals surface area (Å²) >= 11 is 1.37. The van der Waals surface area contributed by atoms with Gasteiger partial charge in [-0.05, 0) is 12.1 Å². The van der Waals surface area contributed by atoms with E-state index < -0.39 is 10.7 Å². The topological polar surface area (TPSA) is 113 Å². The number of pyridine rings is 1. The number of hydrogen-bond donors (Lipinski definition) is 0. The molecule has 0 radical (unpaired) electrons. The second kappa shape index (κ2) is 9.86. The van der Waals surface area contributed by atoms with Crippen LogP contribution in [0.4, 0.5) is 10.1 Å². The highest BCUT2D eigenvalue weighted by molar-refractivity contribution is 7.22. The van der Waals surface area contributed by atoms with E-state index in [0.29, 0.717) is 35.7 Å². The van der Waals surface area contributed by atoms with Gasteiger partial charge in [-0.2, -0.15) is 0 Å². The van der Waals surface area contributed by atoms with Gasteiger partial charge in [0.05, 0.1) is 34.4 Å². The molecular formula is C23H20FN5O5S. The molecule has 1 saturated heterocycles. The number of ether oxygens (including phenoxy) is 2. The number of thiophene rings is 1. The molecule has 12 heteroatoms. The van der Waals surface area contributed by atoms with Gasteiger partial charge < -0.3 is 9.47 Å². The zero-order valence-corrected chi connectivity index (χ0v) is 19.2. The van der Waals surface area contributed by atoms with E-state index in [9.17, 15) is 19.3 Å². The lowest BCUT2D eigenvalue weighted by molar-refractivity contribution is -0.385. The van der Waals surface area contributed by atoms with Crippen LogP contribution in [0.5, 0.6) is 11.5 Å². The highest BCUT2D eigenvalue weighted by atomic mass is 32.1. The first-order valence-electron chi connectivity index (χ1n) is 10.9. The van der Waals surface area contributed by atoms with Crippen LogP contribution in [0.3, 0.4) is 0 Å². The van der Waals surface area contributed by atoms with Gasteiger partial charge >= 0.3 is 5.69 Å². The summed E-state index contributed by atoms with van der Waals surface area (Å²) < 4.78 is 27.7. The van der Waals surface area contributed by atoms with Gasteiger partial charge in [-0.1, -0.05) is 0 Å². The number of hydrogen-bond acceptors (Lipinski definition) is 9. The van der Waals surface area contributed by atoms with Gasteiger partial charge in [-0.3, -0.25) is 24.6 Å². The van der Waals surface area contributed by atoms with E-state index in [1.165, 1.54) is 29.7 Å². The normalized spacial score (nSPS) is 14.3. The van der Waals surface area contributed by atoms with Crippen molar-refractivity contribution in [1.82, 2.24) is 19.4 Å². The van der Waals surface area contributed by atoms with Crippen molar-refractivity contribution in [1.29, 1.82) is 0 Å². The van der Waals surface area contributed by atoms with Gasteiger partial charge in [0.1, 0.15) is 5.75 Å². The van der Waals surface area contributed by atoms with E-state index in [-0.39, 0.29) is 17.1 Å². The third kappa shape index (κ3) is 5.04. The van der Waals surface area contributed by atoms with Crippen LogP contribution in [0.1, 0.15) is 0 Å². The minimum absolute atomic E-state index is 0.128. The molecule has 1 fully saturated rings. The summed E-state index contributed by atoms with van der Waals surface area (Å²) in [4.78, 5) is 34.0. The number of nitrogens with zero attached hydrogens (tertiary/aromatic N) is 5. The molecule has 0 amide bonds. The van der Waals surface area contributed by atoms with Gasteiger partial charge in [0.25, 0.3) is 5.69 Å². The minimum Gasteiger partial charge on any atom is -0.453 e. The average Bonchev–Trinajstić information content (AvgIpc) is 3.31. The van der Waals surface area contributed by atoms with Gasteiger partial charge in [-0.15, -0.1) is 11.3 Å². The molecule has 0 N–H and O–H groups in total. The quantitative estimate of drug-likeness (QED) is 0.281. The first-order chi connectivity index (χ1) is 17.0. The molecule has 180 valence electrons. The molecule has 1 aliphatic heterocycles. The predicted octanol–water partition coefficient (Wildman–Crippen LogP) is 3.69. The lowest BCUT2D eigenvalue weighted by Gasteiger charge is -2.26. The van der Waals surface area contributed by atoms with Crippen LogP contribution < -0.4 is 10.4 Å². The van der Waals surface area contributed by atoms with Crippen LogP contribution in [0.15, 0.2) is 53.7 Å². The maximum absolute atomic E-state index is 14.4. The molecule has 4 heterocycles. The van der Waals surface area contributed by atoms with Crippen molar-refractivity contribution >= 4 is 27.2 Å². The second-order valence-corrected chi connectivity index (χ2v) is 8.93. The van der Waals surface area contributed by atoms with Crippen LogP contribution >= 0.6 is 11.3 Å². The van der Waals surface area contributed by atoms with Crippen molar-refractivity contribution < 1.29 is 18.8 Å². The summed E-state index contributed by atoms with van der Waals surface area (Å²) in [5, 5.41) is 10.9. The number of nitro benzene ring substituents is 1. The largest absolute Gasteiger partial charge is 0.453 e. The van der Waals surface area contributed by atoms with E-state index in [4.69, 9.17) is 9.47 Å². The monoisotopic (exact) mass is 497 g/mol. The summed E-state index contributed by atoms with van der Waals surface area (Å²) in [7, 11) is 0. The minimum atomic E-state index is -0.836. The van der Waals surface area contributed by atoms with Crippen LogP contribution in [-0.4, -0.2) is 57.2 Å². The van der Waals surface area contributed by atoms with E-state index >= 15 is 0 Å². The smallest absolute Gasteiger partial charge is 0.347 e. The molecule has 4 aromatic rings. The van der Waals surface area contributed by atoms with Crippen molar-refractivity contribution in [2.45, 2.75) is 6.54 Å². The average molecular weight is 498 g/mol. The summed E-state index contributed by atoms with van der Waals surface area (Å²) in [6.07, 6.45) is 4.84. The van der Waals surface area contributed by atoms with Gasteiger partial charge in [0, 0.05) is 67.3 Å². The molecule has 0 unspecified atom stereocenters. The summed E-state index contributed by atoms with van der Waals surface area (Å²) in [5.74, 6) is -0.596. The number of benzene rings is 1. The number of fused-ring (bicyclic) bond motifs is 1. The predicted molar refractivity (Wildman–Crippen MR) is 127 cm³/mol. The Kier molecular flexibility index (Phi) is 6.49. The summed E-state index contributed by atoms with van der Waals surface area (Å²) in [5.41, 5.74) is 0.709. The Morgan fingerprint density at radius 2 is 1.97 bits per heavy atom. The Balaban J connectivity index is 1.41. The Hall–Kier alpha value is -3.74. The fourth-order valence-corrected chi connectivity index (χ4v) is 4.80. The molecule has 0 saturated carbocycles. The molecule has 5 rings (SSSR count). The van der Waals surface area contributed by atoms with Gasteiger partial charge in [0.2, 0.25) is 0 Å². The molecule has 3 aromatic heterocycles. The molecule has 0 spiro atoms. The molecule has 0 atom stereocenters. The lowest BCUT2D eigenvalue weighted by atomic mass is 10.2. The molecule has 10 nitrogen and oxygen atoms in total. The molecule has 1 aromatic carbocycles. The molecule has 1 aliphatic rings. The molecule has 0 aliphatic carbocycles. The van der Waals surface area contributed by atoms with Crippen LogP contribution in [-0.2, 0) is 11.3 Å². The molecular weight excluding hydrogens is 477 g/mol. The second-order valence-electron chi connectivity index (χ2n) is 7.88. The van der Waals surface area contributed by atoms with Gasteiger partial charge in [0.15, 0.2) is 11.6 Å². The third-order valence-electron chi connectivity index (χ3n) is 5.62. The van der Waals surface area contributed by atoms with Crippen LogP contribution in [0, 0.1) is 15.9 Å². The number of rotatable bonds is 7. The van der Waals surface area contributed by atoms with Crippen molar-refractivity contribution in [3.05, 3.63) is 75.3 Å². The summed E-state index contributed by atoms with van der Waals surface area (Å²) in [6, 6.07) is 6.68. The Labute approximate surface area is 202 Å². The van der Waals surface area contributed by atoms with E-state index in [0.717, 1.165) is 36.1 Å². The first kappa shape index (κ1) is 23.0. The Morgan fingerprint density at radius 1 is 1.14 bits per heavy atom.